The Hall–Kier alpha value is -1.55. The number of nitrogens with zero attached hydrogens (tertiary/aromatic N) is 1. The van der Waals surface area contributed by atoms with Gasteiger partial charge in [-0.1, -0.05) is 33.3 Å². The first-order chi connectivity index (χ1) is 10.4. The van der Waals surface area contributed by atoms with E-state index in [9.17, 15) is 4.79 Å². The van der Waals surface area contributed by atoms with Crippen LogP contribution in [0.2, 0.25) is 0 Å². The Morgan fingerprint density at radius 2 is 2.05 bits per heavy atom. The van der Waals surface area contributed by atoms with Crippen molar-refractivity contribution in [3.05, 3.63) is 23.8 Å². The summed E-state index contributed by atoms with van der Waals surface area (Å²) in [4.78, 5) is 14.3. The van der Waals surface area contributed by atoms with Gasteiger partial charge >= 0.3 is 0 Å². The molecular formula is C18H28N2O2. The molecule has 0 aromatic heterocycles. The third-order valence-corrected chi connectivity index (χ3v) is 4.15. The Morgan fingerprint density at radius 3 is 2.68 bits per heavy atom. The zero-order chi connectivity index (χ0) is 16.3. The fourth-order valence-electron chi connectivity index (χ4n) is 2.75. The fourth-order valence-corrected chi connectivity index (χ4v) is 2.75. The van der Waals surface area contributed by atoms with Crippen LogP contribution < -0.4 is 15.4 Å². The second kappa shape index (κ2) is 7.14. The molecule has 1 aromatic carbocycles. The maximum absolute atomic E-state index is 12.5. The molecular weight excluding hydrogens is 276 g/mol. The smallest absolute Gasteiger partial charge is 0.267 e. The van der Waals surface area contributed by atoms with Crippen molar-refractivity contribution < 1.29 is 9.53 Å². The quantitative estimate of drug-likeness (QED) is 0.873. The van der Waals surface area contributed by atoms with Gasteiger partial charge < -0.3 is 15.4 Å². The lowest BCUT2D eigenvalue weighted by Gasteiger charge is -2.34. The monoisotopic (exact) mass is 304 g/mol. The molecule has 0 fully saturated rings. The average Bonchev–Trinajstić information content (AvgIpc) is 2.47. The summed E-state index contributed by atoms with van der Waals surface area (Å²) >= 11 is 0. The largest absolute Gasteiger partial charge is 0.479 e. The van der Waals surface area contributed by atoms with Crippen molar-refractivity contribution in [2.24, 2.45) is 11.7 Å². The van der Waals surface area contributed by atoms with Gasteiger partial charge in [0.05, 0.1) is 5.69 Å². The number of amides is 1. The van der Waals surface area contributed by atoms with Crippen LogP contribution in [0.5, 0.6) is 5.75 Å². The van der Waals surface area contributed by atoms with Crippen molar-refractivity contribution in [1.82, 2.24) is 0 Å². The molecule has 1 aromatic rings. The number of carbonyl (C=O) groups is 1. The van der Waals surface area contributed by atoms with E-state index in [0.717, 1.165) is 42.8 Å². The first kappa shape index (κ1) is 16.8. The molecule has 2 N–H and O–H groups in total. The van der Waals surface area contributed by atoms with Crippen molar-refractivity contribution in [3.63, 3.8) is 0 Å². The molecule has 2 rings (SSSR count). The summed E-state index contributed by atoms with van der Waals surface area (Å²) in [6.07, 6.45) is 2.54. The minimum Gasteiger partial charge on any atom is -0.479 e. The van der Waals surface area contributed by atoms with E-state index < -0.39 is 6.10 Å². The number of benzene rings is 1. The van der Waals surface area contributed by atoms with Crippen LogP contribution in [0.25, 0.3) is 0 Å². The molecule has 0 bridgehead atoms. The molecule has 2 unspecified atom stereocenters. The molecule has 0 saturated heterocycles. The molecule has 1 heterocycles. The third-order valence-electron chi connectivity index (χ3n) is 4.15. The summed E-state index contributed by atoms with van der Waals surface area (Å²) in [7, 11) is 0. The number of carbonyl (C=O) groups excluding carboxylic acids is 1. The summed E-state index contributed by atoms with van der Waals surface area (Å²) in [6, 6.07) is 6.00. The number of rotatable bonds is 6. The van der Waals surface area contributed by atoms with Gasteiger partial charge in [-0.3, -0.25) is 4.79 Å². The SMILES string of the molecule is CCCC(N)c1ccc2c(c1)N(CCC(C)C)C(=O)C(C)O2. The van der Waals surface area contributed by atoms with Crippen LogP contribution in [0.4, 0.5) is 5.69 Å². The van der Waals surface area contributed by atoms with Crippen molar-refractivity contribution in [1.29, 1.82) is 0 Å². The molecule has 1 aliphatic heterocycles. The van der Waals surface area contributed by atoms with Gasteiger partial charge in [0.15, 0.2) is 6.10 Å². The Morgan fingerprint density at radius 1 is 1.32 bits per heavy atom. The normalized spacial score (nSPS) is 19.1. The molecule has 2 atom stereocenters. The second-order valence-electron chi connectivity index (χ2n) is 6.55. The van der Waals surface area contributed by atoms with Crippen LogP contribution in [0.15, 0.2) is 18.2 Å². The Bertz CT molecular complexity index is 528. The molecule has 0 aliphatic carbocycles. The topological polar surface area (TPSA) is 55.6 Å². The van der Waals surface area contributed by atoms with Gasteiger partial charge in [-0.25, -0.2) is 0 Å². The van der Waals surface area contributed by atoms with Gasteiger partial charge in [0.25, 0.3) is 5.91 Å². The maximum atomic E-state index is 12.5. The molecule has 0 radical (unpaired) electrons. The summed E-state index contributed by atoms with van der Waals surface area (Å²) in [6.45, 7) is 9.00. The molecule has 0 spiro atoms. The second-order valence-corrected chi connectivity index (χ2v) is 6.55. The molecule has 122 valence electrons. The van der Waals surface area contributed by atoms with E-state index in [0.29, 0.717) is 5.92 Å². The van der Waals surface area contributed by atoms with Crippen molar-refractivity contribution in [3.8, 4) is 5.75 Å². The highest BCUT2D eigenvalue weighted by Gasteiger charge is 2.31. The van der Waals surface area contributed by atoms with Gasteiger partial charge in [-0.05, 0) is 43.4 Å². The van der Waals surface area contributed by atoms with Crippen molar-refractivity contribution in [2.45, 2.75) is 59.1 Å². The van der Waals surface area contributed by atoms with Crippen molar-refractivity contribution >= 4 is 11.6 Å². The molecule has 0 saturated carbocycles. The Balaban J connectivity index is 2.32. The van der Waals surface area contributed by atoms with Gasteiger partial charge in [0, 0.05) is 12.6 Å². The van der Waals surface area contributed by atoms with Crippen molar-refractivity contribution in [2.75, 3.05) is 11.4 Å². The van der Waals surface area contributed by atoms with E-state index in [-0.39, 0.29) is 11.9 Å². The Labute approximate surface area is 133 Å². The van der Waals surface area contributed by atoms with Crippen LogP contribution in [-0.4, -0.2) is 18.6 Å². The minimum absolute atomic E-state index is 0.0108. The zero-order valence-corrected chi connectivity index (χ0v) is 14.1. The number of hydrogen-bond acceptors (Lipinski definition) is 3. The highest BCUT2D eigenvalue weighted by molar-refractivity contribution is 5.99. The summed E-state index contributed by atoms with van der Waals surface area (Å²) in [5.74, 6) is 1.37. The van der Waals surface area contributed by atoms with Crippen LogP contribution in [-0.2, 0) is 4.79 Å². The summed E-state index contributed by atoms with van der Waals surface area (Å²) in [5.41, 5.74) is 8.16. The summed E-state index contributed by atoms with van der Waals surface area (Å²) < 4.78 is 5.74. The summed E-state index contributed by atoms with van der Waals surface area (Å²) in [5, 5.41) is 0. The number of hydrogen-bond donors (Lipinski definition) is 1. The van der Waals surface area contributed by atoms with E-state index >= 15 is 0 Å². The molecule has 4 nitrogen and oxygen atoms in total. The zero-order valence-electron chi connectivity index (χ0n) is 14.1. The maximum Gasteiger partial charge on any atom is 0.267 e. The van der Waals surface area contributed by atoms with Crippen LogP contribution >= 0.6 is 0 Å². The molecule has 1 aliphatic rings. The van der Waals surface area contributed by atoms with E-state index in [4.69, 9.17) is 10.5 Å². The van der Waals surface area contributed by atoms with Crippen LogP contribution in [0.1, 0.15) is 58.6 Å². The Kier molecular flexibility index (Phi) is 5.46. The van der Waals surface area contributed by atoms with E-state index in [1.54, 1.807) is 0 Å². The highest BCUT2D eigenvalue weighted by atomic mass is 16.5. The number of fused-ring (bicyclic) bond motifs is 1. The minimum atomic E-state index is -0.421. The third kappa shape index (κ3) is 3.61. The van der Waals surface area contributed by atoms with Gasteiger partial charge in [0.2, 0.25) is 0 Å². The lowest BCUT2D eigenvalue weighted by molar-refractivity contribution is -0.125. The first-order valence-corrected chi connectivity index (χ1v) is 8.31. The number of ether oxygens (including phenoxy) is 1. The number of anilines is 1. The predicted octanol–water partition coefficient (Wildman–Crippen LogP) is 3.65. The van der Waals surface area contributed by atoms with Gasteiger partial charge in [-0.15, -0.1) is 0 Å². The lowest BCUT2D eigenvalue weighted by Crippen LogP contribution is -2.45. The van der Waals surface area contributed by atoms with E-state index in [2.05, 4.69) is 20.8 Å². The van der Waals surface area contributed by atoms with Gasteiger partial charge in [-0.2, -0.15) is 0 Å². The first-order valence-electron chi connectivity index (χ1n) is 8.31. The predicted molar refractivity (Wildman–Crippen MR) is 90.2 cm³/mol. The average molecular weight is 304 g/mol. The number of nitrogens with two attached hydrogens (primary N) is 1. The van der Waals surface area contributed by atoms with Gasteiger partial charge in [0.1, 0.15) is 5.75 Å². The highest BCUT2D eigenvalue weighted by Crippen LogP contribution is 2.36. The van der Waals surface area contributed by atoms with E-state index in [1.807, 2.05) is 30.0 Å². The van der Waals surface area contributed by atoms with E-state index in [1.165, 1.54) is 0 Å². The molecule has 1 amide bonds. The lowest BCUT2D eigenvalue weighted by atomic mass is 10.0. The fraction of sp³-hybridized carbons (Fsp3) is 0.611. The molecule has 22 heavy (non-hydrogen) atoms. The standard InChI is InChI=1S/C18H28N2O2/c1-5-6-15(19)14-7-8-17-16(11-14)20(10-9-12(2)3)18(21)13(4)22-17/h7-8,11-13,15H,5-6,9-10,19H2,1-4H3. The van der Waals surface area contributed by atoms with Crippen LogP contribution in [0, 0.1) is 5.92 Å². The van der Waals surface area contributed by atoms with Crippen LogP contribution in [0.3, 0.4) is 0 Å². The molecule has 4 heteroatoms.